The molecule has 156 valence electrons. The van der Waals surface area contributed by atoms with Crippen LogP contribution in [0.15, 0.2) is 58.6 Å². The van der Waals surface area contributed by atoms with Crippen LogP contribution in [0.25, 0.3) is 11.3 Å². The number of nitrogens with one attached hydrogen (secondary N) is 1. The Hall–Kier alpha value is -3.75. The molecule has 3 rings (SSSR count). The van der Waals surface area contributed by atoms with Crippen LogP contribution < -0.4 is 21.2 Å². The predicted molar refractivity (Wildman–Crippen MR) is 111 cm³/mol. The van der Waals surface area contributed by atoms with Crippen molar-refractivity contribution < 1.29 is 9.53 Å². The van der Waals surface area contributed by atoms with Crippen LogP contribution in [0.3, 0.4) is 0 Å². The molecule has 30 heavy (non-hydrogen) atoms. The lowest BCUT2D eigenvalue weighted by Gasteiger charge is -2.09. The molecule has 0 bridgehead atoms. The molecule has 9 heteroatoms. The van der Waals surface area contributed by atoms with Gasteiger partial charge in [0.25, 0.3) is 11.1 Å². The lowest BCUT2D eigenvalue weighted by molar-refractivity contribution is -0.121. The summed E-state index contributed by atoms with van der Waals surface area (Å²) in [5, 5.41) is 2.69. The van der Waals surface area contributed by atoms with Gasteiger partial charge in [0.15, 0.2) is 0 Å². The Kier molecular flexibility index (Phi) is 6.74. The molecule has 1 N–H and O–H groups in total. The molecule has 0 radical (unpaired) electrons. The van der Waals surface area contributed by atoms with Crippen LogP contribution in [0.1, 0.15) is 12.6 Å². The van der Waals surface area contributed by atoms with E-state index in [0.717, 1.165) is 11.3 Å². The number of ether oxygens (including phenoxy) is 1. The standard InChI is InChI=1S/C21H23N5O4/c1-3-30-17-6-4-16(5-7-17)18-11-21(29)25(14-24-18)9-8-22-19(27)12-26-13-23-15(2)10-20(26)28/h4-7,10-11,13-14H,3,8-9,12H2,1-2H3,(H,22,27). The predicted octanol–water partition coefficient (Wildman–Crippen LogP) is 0.991. The van der Waals surface area contributed by atoms with Gasteiger partial charge < -0.3 is 10.1 Å². The van der Waals surface area contributed by atoms with Gasteiger partial charge in [-0.25, -0.2) is 9.97 Å². The molecule has 0 saturated carbocycles. The lowest BCUT2D eigenvalue weighted by Crippen LogP contribution is -2.35. The number of amides is 1. The number of hydrogen-bond acceptors (Lipinski definition) is 6. The number of rotatable bonds is 8. The quantitative estimate of drug-likeness (QED) is 0.594. The van der Waals surface area contributed by atoms with E-state index in [-0.39, 0.29) is 36.7 Å². The van der Waals surface area contributed by atoms with E-state index in [4.69, 9.17) is 4.74 Å². The van der Waals surface area contributed by atoms with E-state index in [2.05, 4.69) is 15.3 Å². The van der Waals surface area contributed by atoms with Crippen LogP contribution >= 0.6 is 0 Å². The third-order valence-electron chi connectivity index (χ3n) is 4.35. The summed E-state index contributed by atoms with van der Waals surface area (Å²) in [6.45, 7) is 4.58. The molecule has 0 aliphatic rings. The number of hydrogen-bond donors (Lipinski definition) is 1. The second-order valence-corrected chi connectivity index (χ2v) is 6.61. The molecule has 0 unspecified atom stereocenters. The second kappa shape index (κ2) is 9.64. The Morgan fingerprint density at radius 3 is 2.40 bits per heavy atom. The van der Waals surface area contributed by atoms with Gasteiger partial charge in [-0.15, -0.1) is 0 Å². The van der Waals surface area contributed by atoms with Gasteiger partial charge in [-0.1, -0.05) is 0 Å². The number of carbonyl (C=O) groups is 1. The summed E-state index contributed by atoms with van der Waals surface area (Å²) in [6.07, 6.45) is 2.79. The summed E-state index contributed by atoms with van der Waals surface area (Å²) in [5.41, 5.74) is 1.46. The molecule has 1 amide bonds. The minimum atomic E-state index is -0.338. The summed E-state index contributed by atoms with van der Waals surface area (Å²) >= 11 is 0. The largest absolute Gasteiger partial charge is 0.494 e. The van der Waals surface area contributed by atoms with Crippen molar-refractivity contribution in [1.82, 2.24) is 24.4 Å². The van der Waals surface area contributed by atoms with E-state index in [9.17, 15) is 14.4 Å². The van der Waals surface area contributed by atoms with Gasteiger partial charge in [0.05, 0.1) is 25.0 Å². The van der Waals surface area contributed by atoms with Crippen LogP contribution in [0.5, 0.6) is 5.75 Å². The van der Waals surface area contributed by atoms with Crippen molar-refractivity contribution in [2.75, 3.05) is 13.2 Å². The lowest BCUT2D eigenvalue weighted by atomic mass is 10.1. The van der Waals surface area contributed by atoms with Crippen molar-refractivity contribution in [1.29, 1.82) is 0 Å². The topological polar surface area (TPSA) is 108 Å². The minimum absolute atomic E-state index is 0.129. The summed E-state index contributed by atoms with van der Waals surface area (Å²) in [7, 11) is 0. The van der Waals surface area contributed by atoms with Crippen LogP contribution in [-0.4, -0.2) is 38.2 Å². The zero-order valence-electron chi connectivity index (χ0n) is 16.9. The van der Waals surface area contributed by atoms with Crippen LogP contribution in [0.4, 0.5) is 0 Å². The van der Waals surface area contributed by atoms with Crippen molar-refractivity contribution in [3.8, 4) is 17.0 Å². The maximum atomic E-state index is 12.4. The fourth-order valence-corrected chi connectivity index (χ4v) is 2.80. The van der Waals surface area contributed by atoms with Crippen molar-refractivity contribution in [2.45, 2.75) is 26.9 Å². The Morgan fingerprint density at radius 1 is 1.03 bits per heavy atom. The summed E-state index contributed by atoms with van der Waals surface area (Å²) < 4.78 is 8.05. The Bertz CT molecular complexity index is 1140. The maximum absolute atomic E-state index is 12.4. The summed E-state index contributed by atoms with van der Waals surface area (Å²) in [5.74, 6) is 0.420. The number of aryl methyl sites for hydroxylation is 1. The van der Waals surface area contributed by atoms with Crippen molar-refractivity contribution >= 4 is 5.91 Å². The molecule has 0 fully saturated rings. The first-order valence-electron chi connectivity index (χ1n) is 9.56. The second-order valence-electron chi connectivity index (χ2n) is 6.61. The normalized spacial score (nSPS) is 10.6. The molecule has 9 nitrogen and oxygen atoms in total. The highest BCUT2D eigenvalue weighted by Crippen LogP contribution is 2.19. The van der Waals surface area contributed by atoms with Gasteiger partial charge >= 0.3 is 0 Å². The van der Waals surface area contributed by atoms with E-state index in [1.807, 2.05) is 31.2 Å². The molecular weight excluding hydrogens is 386 g/mol. The molecular formula is C21H23N5O4. The van der Waals surface area contributed by atoms with E-state index in [1.165, 1.54) is 33.9 Å². The Morgan fingerprint density at radius 2 is 1.73 bits per heavy atom. The molecule has 2 aromatic heterocycles. The van der Waals surface area contributed by atoms with E-state index in [1.54, 1.807) is 6.92 Å². The third kappa shape index (κ3) is 5.40. The minimum Gasteiger partial charge on any atom is -0.494 e. The first kappa shape index (κ1) is 21.0. The highest BCUT2D eigenvalue weighted by atomic mass is 16.5. The van der Waals surface area contributed by atoms with Gasteiger partial charge in [0.2, 0.25) is 5.91 Å². The molecule has 0 aliphatic heterocycles. The smallest absolute Gasteiger partial charge is 0.253 e. The Balaban J connectivity index is 1.56. The Labute approximate surface area is 173 Å². The zero-order chi connectivity index (χ0) is 21.5. The molecule has 3 aromatic rings. The number of carbonyl (C=O) groups excluding carboxylic acids is 1. The monoisotopic (exact) mass is 409 g/mol. The van der Waals surface area contributed by atoms with Gasteiger partial charge in [-0.05, 0) is 38.1 Å². The van der Waals surface area contributed by atoms with Crippen LogP contribution in [0, 0.1) is 6.92 Å². The van der Waals surface area contributed by atoms with Crippen molar-refractivity contribution in [2.24, 2.45) is 0 Å². The summed E-state index contributed by atoms with van der Waals surface area (Å²) in [4.78, 5) is 44.5. The molecule has 0 aliphatic carbocycles. The van der Waals surface area contributed by atoms with Crippen LogP contribution in [-0.2, 0) is 17.9 Å². The molecule has 0 spiro atoms. The van der Waals surface area contributed by atoms with E-state index in [0.29, 0.717) is 18.0 Å². The van der Waals surface area contributed by atoms with Gasteiger partial charge in [-0.3, -0.25) is 23.5 Å². The first-order chi connectivity index (χ1) is 14.5. The fourth-order valence-electron chi connectivity index (χ4n) is 2.80. The highest BCUT2D eigenvalue weighted by Gasteiger charge is 2.07. The SMILES string of the molecule is CCOc1ccc(-c2cc(=O)n(CCNC(=O)Cn3cnc(C)cc3=O)cn2)cc1. The maximum Gasteiger partial charge on any atom is 0.253 e. The number of nitrogens with zero attached hydrogens (tertiary/aromatic N) is 4. The molecule has 1 aromatic carbocycles. The molecule has 0 saturated heterocycles. The molecule has 2 heterocycles. The van der Waals surface area contributed by atoms with Gasteiger partial charge in [-0.2, -0.15) is 0 Å². The van der Waals surface area contributed by atoms with E-state index < -0.39 is 0 Å². The average molecular weight is 409 g/mol. The number of aromatic nitrogens is 4. The van der Waals surface area contributed by atoms with Crippen molar-refractivity contribution in [3.05, 3.63) is 75.5 Å². The van der Waals surface area contributed by atoms with E-state index >= 15 is 0 Å². The highest BCUT2D eigenvalue weighted by molar-refractivity contribution is 5.75. The zero-order valence-corrected chi connectivity index (χ0v) is 16.9. The van der Waals surface area contributed by atoms with Crippen LogP contribution in [0.2, 0.25) is 0 Å². The van der Waals surface area contributed by atoms with Crippen molar-refractivity contribution in [3.63, 3.8) is 0 Å². The third-order valence-corrected chi connectivity index (χ3v) is 4.35. The van der Waals surface area contributed by atoms with Gasteiger partial charge in [0, 0.05) is 36.5 Å². The fraction of sp³-hybridized carbons (Fsp3) is 0.286. The average Bonchev–Trinajstić information content (AvgIpc) is 2.72. The molecule has 0 atom stereocenters. The number of benzene rings is 1. The summed E-state index contributed by atoms with van der Waals surface area (Å²) in [6, 6.07) is 10.2. The van der Waals surface area contributed by atoms with Gasteiger partial charge in [0.1, 0.15) is 12.3 Å². The first-order valence-corrected chi connectivity index (χ1v) is 9.56.